The van der Waals surface area contributed by atoms with Gasteiger partial charge in [0.25, 0.3) is 0 Å². The van der Waals surface area contributed by atoms with Crippen LogP contribution in [-0.2, 0) is 6.61 Å². The molecule has 100 valence electrons. The van der Waals surface area contributed by atoms with Crippen LogP contribution in [0.4, 0.5) is 4.39 Å². The number of rotatable bonds is 3. The van der Waals surface area contributed by atoms with Crippen molar-refractivity contribution < 1.29 is 9.13 Å². The van der Waals surface area contributed by atoms with Gasteiger partial charge >= 0.3 is 0 Å². The van der Waals surface area contributed by atoms with Crippen molar-refractivity contribution in [2.75, 3.05) is 0 Å². The van der Waals surface area contributed by atoms with Crippen molar-refractivity contribution in [3.05, 3.63) is 62.9 Å². The first-order valence-corrected chi connectivity index (χ1v) is 6.91. The molecule has 0 heterocycles. The average Bonchev–Trinajstić information content (AvgIpc) is 2.36. The molecule has 0 aliphatic heterocycles. The van der Waals surface area contributed by atoms with Gasteiger partial charge in [-0.2, -0.15) is 0 Å². The van der Waals surface area contributed by atoms with E-state index in [-0.39, 0.29) is 5.82 Å². The number of halogens is 2. The minimum absolute atomic E-state index is 0.258. The fourth-order valence-electron chi connectivity index (χ4n) is 1.94. The van der Waals surface area contributed by atoms with E-state index >= 15 is 0 Å². The molecular formula is C16H16BrFO. The van der Waals surface area contributed by atoms with Gasteiger partial charge in [-0.25, -0.2) is 4.39 Å². The molecule has 2 rings (SSSR count). The molecule has 0 aromatic heterocycles. The minimum atomic E-state index is -0.258. The zero-order chi connectivity index (χ0) is 14.0. The van der Waals surface area contributed by atoms with E-state index in [2.05, 4.69) is 28.9 Å². The molecule has 1 nitrogen and oxygen atoms in total. The Labute approximate surface area is 121 Å². The second-order valence-electron chi connectivity index (χ2n) is 4.74. The van der Waals surface area contributed by atoms with Gasteiger partial charge < -0.3 is 4.74 Å². The Morgan fingerprint density at radius 3 is 2.53 bits per heavy atom. The number of aryl methyl sites for hydroxylation is 2. The van der Waals surface area contributed by atoms with Gasteiger partial charge in [0, 0.05) is 0 Å². The summed E-state index contributed by atoms with van der Waals surface area (Å²) in [5, 5.41) is 0. The SMILES string of the molecule is Cc1cc(C)c(C)c(OCc2ccc(F)c(Br)c2)c1. The van der Waals surface area contributed by atoms with Crippen molar-refractivity contribution in [3.63, 3.8) is 0 Å². The summed E-state index contributed by atoms with van der Waals surface area (Å²) >= 11 is 3.18. The molecule has 0 aliphatic rings. The summed E-state index contributed by atoms with van der Waals surface area (Å²) in [6, 6.07) is 9.08. The summed E-state index contributed by atoms with van der Waals surface area (Å²) in [6.07, 6.45) is 0. The van der Waals surface area contributed by atoms with Gasteiger partial charge in [0.1, 0.15) is 18.2 Å². The monoisotopic (exact) mass is 322 g/mol. The lowest BCUT2D eigenvalue weighted by atomic mass is 10.1. The lowest BCUT2D eigenvalue weighted by Gasteiger charge is -2.12. The molecule has 0 saturated heterocycles. The van der Waals surface area contributed by atoms with Gasteiger partial charge in [0.05, 0.1) is 4.47 Å². The van der Waals surface area contributed by atoms with Crippen LogP contribution in [-0.4, -0.2) is 0 Å². The zero-order valence-electron chi connectivity index (χ0n) is 11.3. The highest BCUT2D eigenvalue weighted by atomic mass is 79.9. The van der Waals surface area contributed by atoms with Crippen LogP contribution in [0.1, 0.15) is 22.3 Å². The molecule has 0 unspecified atom stereocenters. The van der Waals surface area contributed by atoms with Gasteiger partial charge in [-0.3, -0.25) is 0 Å². The third-order valence-corrected chi connectivity index (χ3v) is 3.75. The van der Waals surface area contributed by atoms with Crippen LogP contribution in [0.5, 0.6) is 5.75 Å². The van der Waals surface area contributed by atoms with Gasteiger partial charge in [0.15, 0.2) is 0 Å². The van der Waals surface area contributed by atoms with Crippen molar-refractivity contribution in [1.82, 2.24) is 0 Å². The van der Waals surface area contributed by atoms with E-state index < -0.39 is 0 Å². The largest absolute Gasteiger partial charge is 0.489 e. The van der Waals surface area contributed by atoms with Crippen molar-refractivity contribution in [2.24, 2.45) is 0 Å². The average molecular weight is 323 g/mol. The molecule has 0 spiro atoms. The smallest absolute Gasteiger partial charge is 0.137 e. The Balaban J connectivity index is 2.16. The maximum atomic E-state index is 13.1. The van der Waals surface area contributed by atoms with Crippen LogP contribution in [0.2, 0.25) is 0 Å². The molecule has 0 saturated carbocycles. The van der Waals surface area contributed by atoms with Crippen LogP contribution in [0.25, 0.3) is 0 Å². The van der Waals surface area contributed by atoms with E-state index in [1.54, 1.807) is 12.1 Å². The number of hydrogen-bond acceptors (Lipinski definition) is 1. The molecule has 2 aromatic carbocycles. The standard InChI is InChI=1S/C16H16BrFO/c1-10-6-11(2)12(3)16(7-10)19-9-13-4-5-15(18)14(17)8-13/h4-8H,9H2,1-3H3. The first-order chi connectivity index (χ1) is 8.97. The normalized spacial score (nSPS) is 10.6. The van der Waals surface area contributed by atoms with E-state index in [4.69, 9.17) is 4.74 Å². The molecule has 0 radical (unpaired) electrons. The van der Waals surface area contributed by atoms with Crippen LogP contribution >= 0.6 is 15.9 Å². The summed E-state index contributed by atoms with van der Waals surface area (Å²) in [5.74, 6) is 0.629. The minimum Gasteiger partial charge on any atom is -0.489 e. The van der Waals surface area contributed by atoms with E-state index in [0.29, 0.717) is 11.1 Å². The molecule has 0 fully saturated rings. The maximum Gasteiger partial charge on any atom is 0.137 e. The van der Waals surface area contributed by atoms with Crippen molar-refractivity contribution in [2.45, 2.75) is 27.4 Å². The fraction of sp³-hybridized carbons (Fsp3) is 0.250. The molecule has 3 heteroatoms. The molecule has 0 N–H and O–H groups in total. The summed E-state index contributed by atoms with van der Waals surface area (Å²) in [7, 11) is 0. The van der Waals surface area contributed by atoms with Crippen LogP contribution < -0.4 is 4.74 Å². The molecule has 0 amide bonds. The molecule has 0 atom stereocenters. The first-order valence-electron chi connectivity index (χ1n) is 6.12. The van der Waals surface area contributed by atoms with Gasteiger partial charge in [-0.05, 0) is 77.2 Å². The number of hydrogen-bond donors (Lipinski definition) is 0. The maximum absolute atomic E-state index is 13.1. The third kappa shape index (κ3) is 3.35. The highest BCUT2D eigenvalue weighted by Crippen LogP contribution is 2.25. The summed E-state index contributed by atoms with van der Waals surface area (Å²) < 4.78 is 19.4. The first kappa shape index (κ1) is 14.1. The highest BCUT2D eigenvalue weighted by Gasteiger charge is 2.05. The Hall–Kier alpha value is -1.35. The van der Waals surface area contributed by atoms with Crippen molar-refractivity contribution >= 4 is 15.9 Å². The molecule has 0 aliphatic carbocycles. The van der Waals surface area contributed by atoms with E-state index in [9.17, 15) is 4.39 Å². The lowest BCUT2D eigenvalue weighted by Crippen LogP contribution is -1.99. The quantitative estimate of drug-likeness (QED) is 0.764. The second-order valence-corrected chi connectivity index (χ2v) is 5.60. The Morgan fingerprint density at radius 1 is 1.11 bits per heavy atom. The number of benzene rings is 2. The van der Waals surface area contributed by atoms with Crippen LogP contribution in [0.15, 0.2) is 34.8 Å². The summed E-state index contributed by atoms with van der Waals surface area (Å²) in [4.78, 5) is 0. The van der Waals surface area contributed by atoms with E-state index in [1.165, 1.54) is 17.2 Å². The molecule has 2 aromatic rings. The lowest BCUT2D eigenvalue weighted by molar-refractivity contribution is 0.303. The molecule has 19 heavy (non-hydrogen) atoms. The van der Waals surface area contributed by atoms with Gasteiger partial charge in [-0.15, -0.1) is 0 Å². The summed E-state index contributed by atoms with van der Waals surface area (Å²) in [5.41, 5.74) is 4.48. The Kier molecular flexibility index (Phi) is 4.25. The topological polar surface area (TPSA) is 9.23 Å². The van der Waals surface area contributed by atoms with Gasteiger partial charge in [0.2, 0.25) is 0 Å². The molecule has 0 bridgehead atoms. The second kappa shape index (κ2) is 5.74. The van der Waals surface area contributed by atoms with Crippen molar-refractivity contribution in [3.8, 4) is 5.75 Å². The van der Waals surface area contributed by atoms with Gasteiger partial charge in [-0.1, -0.05) is 12.1 Å². The third-order valence-electron chi connectivity index (χ3n) is 3.14. The van der Waals surface area contributed by atoms with Crippen molar-refractivity contribution in [1.29, 1.82) is 0 Å². The van der Waals surface area contributed by atoms with E-state index in [0.717, 1.165) is 16.9 Å². The van der Waals surface area contributed by atoms with E-state index in [1.807, 2.05) is 19.9 Å². The molecular weight excluding hydrogens is 307 g/mol. The zero-order valence-corrected chi connectivity index (χ0v) is 12.8. The number of ether oxygens (including phenoxy) is 1. The highest BCUT2D eigenvalue weighted by molar-refractivity contribution is 9.10. The Morgan fingerprint density at radius 2 is 1.84 bits per heavy atom. The predicted molar refractivity (Wildman–Crippen MR) is 79.1 cm³/mol. The predicted octanol–water partition coefficient (Wildman–Crippen LogP) is 5.09. The summed E-state index contributed by atoms with van der Waals surface area (Å²) in [6.45, 7) is 6.60. The van der Waals surface area contributed by atoms with Crippen LogP contribution in [0.3, 0.4) is 0 Å². The van der Waals surface area contributed by atoms with Crippen LogP contribution in [0, 0.1) is 26.6 Å². The fourth-order valence-corrected chi connectivity index (χ4v) is 2.37. The Bertz CT molecular complexity index is 608.